The van der Waals surface area contributed by atoms with Crippen molar-refractivity contribution in [3.8, 4) is 0 Å². The Hall–Kier alpha value is -1.03. The molecule has 19 heavy (non-hydrogen) atoms. The van der Waals surface area contributed by atoms with Crippen LogP contribution >= 0.6 is 11.6 Å². The lowest BCUT2D eigenvalue weighted by atomic mass is 10.1. The predicted molar refractivity (Wildman–Crippen MR) is 80.7 cm³/mol. The quantitative estimate of drug-likeness (QED) is 0.903. The first-order chi connectivity index (χ1) is 9.22. The first-order valence-corrected chi connectivity index (χ1v) is 7.33. The van der Waals surface area contributed by atoms with Crippen molar-refractivity contribution in [2.75, 3.05) is 19.6 Å². The number of aromatic amines is 1. The van der Waals surface area contributed by atoms with Gasteiger partial charge in [0.15, 0.2) is 0 Å². The number of benzene rings is 1. The van der Waals surface area contributed by atoms with Gasteiger partial charge in [-0.15, -0.1) is 0 Å². The van der Waals surface area contributed by atoms with E-state index in [1.807, 2.05) is 12.1 Å². The highest BCUT2D eigenvalue weighted by Gasteiger charge is 2.18. The second kappa shape index (κ2) is 5.53. The summed E-state index contributed by atoms with van der Waals surface area (Å²) in [7, 11) is 0. The van der Waals surface area contributed by atoms with E-state index in [9.17, 15) is 0 Å². The van der Waals surface area contributed by atoms with E-state index >= 15 is 0 Å². The Labute approximate surface area is 118 Å². The Morgan fingerprint density at radius 2 is 2.32 bits per heavy atom. The van der Waals surface area contributed by atoms with E-state index in [1.54, 1.807) is 0 Å². The number of halogens is 1. The molecule has 0 bridgehead atoms. The van der Waals surface area contributed by atoms with Crippen molar-refractivity contribution < 1.29 is 0 Å². The zero-order valence-electron chi connectivity index (χ0n) is 11.0. The van der Waals surface area contributed by atoms with Crippen LogP contribution in [0.25, 0.3) is 10.9 Å². The molecule has 4 heteroatoms. The molecule has 102 valence electrons. The summed E-state index contributed by atoms with van der Waals surface area (Å²) in [4.78, 5) is 5.77. The van der Waals surface area contributed by atoms with E-state index < -0.39 is 0 Å². The molecule has 0 aliphatic carbocycles. The van der Waals surface area contributed by atoms with Crippen LogP contribution in [0.3, 0.4) is 0 Å². The van der Waals surface area contributed by atoms with E-state index in [1.165, 1.54) is 22.9 Å². The third kappa shape index (κ3) is 2.94. The second-order valence-corrected chi connectivity index (χ2v) is 5.89. The van der Waals surface area contributed by atoms with E-state index in [-0.39, 0.29) is 0 Å². The molecule has 0 radical (unpaired) electrons. The molecule has 1 atom stereocenters. The van der Waals surface area contributed by atoms with Crippen molar-refractivity contribution in [2.45, 2.75) is 25.3 Å². The summed E-state index contributed by atoms with van der Waals surface area (Å²) < 4.78 is 0. The van der Waals surface area contributed by atoms with Crippen LogP contribution < -0.4 is 5.73 Å². The number of hydrogen-bond acceptors (Lipinski definition) is 2. The van der Waals surface area contributed by atoms with Gasteiger partial charge in [-0.3, -0.25) is 0 Å². The van der Waals surface area contributed by atoms with Crippen LogP contribution in [0.5, 0.6) is 0 Å². The smallest absolute Gasteiger partial charge is 0.0457 e. The Morgan fingerprint density at radius 1 is 1.42 bits per heavy atom. The zero-order valence-corrected chi connectivity index (χ0v) is 11.8. The fourth-order valence-electron chi connectivity index (χ4n) is 2.92. The van der Waals surface area contributed by atoms with Crippen molar-refractivity contribution in [1.29, 1.82) is 0 Å². The van der Waals surface area contributed by atoms with Crippen molar-refractivity contribution in [3.63, 3.8) is 0 Å². The highest BCUT2D eigenvalue weighted by Crippen LogP contribution is 2.23. The number of aromatic nitrogens is 1. The molecule has 3 rings (SSSR count). The van der Waals surface area contributed by atoms with Crippen molar-refractivity contribution in [3.05, 3.63) is 35.0 Å². The van der Waals surface area contributed by atoms with Crippen LogP contribution in [0.1, 0.15) is 18.4 Å². The molecule has 1 aromatic heterocycles. The first kappa shape index (κ1) is 13.0. The average molecular weight is 278 g/mol. The lowest BCUT2D eigenvalue weighted by molar-refractivity contribution is 0.330. The molecule has 1 aliphatic rings. The lowest BCUT2D eigenvalue weighted by Gasteiger charge is -2.14. The molecule has 2 aromatic rings. The molecule has 1 unspecified atom stereocenters. The summed E-state index contributed by atoms with van der Waals surface area (Å²) in [6, 6.07) is 6.40. The van der Waals surface area contributed by atoms with Gasteiger partial charge in [0.2, 0.25) is 0 Å². The second-order valence-electron chi connectivity index (χ2n) is 5.46. The van der Waals surface area contributed by atoms with Crippen LogP contribution in [0.4, 0.5) is 0 Å². The molecule has 3 nitrogen and oxygen atoms in total. The van der Waals surface area contributed by atoms with Gasteiger partial charge in [0.25, 0.3) is 0 Å². The van der Waals surface area contributed by atoms with Gasteiger partial charge in [-0.05, 0) is 56.1 Å². The summed E-state index contributed by atoms with van der Waals surface area (Å²) in [5, 5.41) is 2.06. The van der Waals surface area contributed by atoms with Crippen molar-refractivity contribution in [1.82, 2.24) is 9.88 Å². The Bertz CT molecular complexity index is 564. The van der Waals surface area contributed by atoms with Gasteiger partial charge in [-0.1, -0.05) is 11.6 Å². The van der Waals surface area contributed by atoms with Gasteiger partial charge in [0.1, 0.15) is 0 Å². The van der Waals surface area contributed by atoms with Crippen LogP contribution in [-0.2, 0) is 6.42 Å². The maximum atomic E-state index is 6.07. The summed E-state index contributed by atoms with van der Waals surface area (Å²) in [5.41, 5.74) is 8.45. The van der Waals surface area contributed by atoms with Gasteiger partial charge in [-0.25, -0.2) is 0 Å². The van der Waals surface area contributed by atoms with E-state index in [2.05, 4.69) is 22.1 Å². The fourth-order valence-corrected chi connectivity index (χ4v) is 3.09. The van der Waals surface area contributed by atoms with Gasteiger partial charge in [-0.2, -0.15) is 0 Å². The zero-order chi connectivity index (χ0) is 13.2. The molecule has 1 aromatic carbocycles. The van der Waals surface area contributed by atoms with E-state index in [0.717, 1.165) is 37.5 Å². The minimum absolute atomic E-state index is 0.381. The largest absolute Gasteiger partial charge is 0.361 e. The molecule has 1 aliphatic heterocycles. The molecule has 2 heterocycles. The minimum atomic E-state index is 0.381. The molecular formula is C15H20ClN3. The maximum Gasteiger partial charge on any atom is 0.0457 e. The number of H-pyrrole nitrogens is 1. The monoisotopic (exact) mass is 277 g/mol. The van der Waals surface area contributed by atoms with Gasteiger partial charge in [0.05, 0.1) is 0 Å². The third-order valence-corrected chi connectivity index (χ3v) is 4.19. The molecule has 1 saturated heterocycles. The maximum absolute atomic E-state index is 6.07. The topological polar surface area (TPSA) is 45.0 Å². The molecule has 0 amide bonds. The number of hydrogen-bond donors (Lipinski definition) is 2. The van der Waals surface area contributed by atoms with Gasteiger partial charge in [0, 0.05) is 34.7 Å². The van der Waals surface area contributed by atoms with Crippen LogP contribution in [0.2, 0.25) is 5.02 Å². The summed E-state index contributed by atoms with van der Waals surface area (Å²) >= 11 is 6.07. The Morgan fingerprint density at radius 3 is 3.11 bits per heavy atom. The van der Waals surface area contributed by atoms with Crippen LogP contribution in [0.15, 0.2) is 24.4 Å². The highest BCUT2D eigenvalue weighted by molar-refractivity contribution is 6.31. The number of fused-ring (bicyclic) bond motifs is 1. The molecule has 0 saturated carbocycles. The summed E-state index contributed by atoms with van der Waals surface area (Å²) in [5.74, 6) is 0. The first-order valence-electron chi connectivity index (χ1n) is 6.96. The van der Waals surface area contributed by atoms with E-state index in [4.69, 9.17) is 17.3 Å². The fraction of sp³-hybridized carbons (Fsp3) is 0.467. The van der Waals surface area contributed by atoms with Crippen molar-refractivity contribution >= 4 is 22.5 Å². The normalized spacial score (nSPS) is 20.4. The van der Waals surface area contributed by atoms with Crippen LogP contribution in [-0.4, -0.2) is 35.6 Å². The molecule has 0 spiro atoms. The van der Waals surface area contributed by atoms with Gasteiger partial charge < -0.3 is 15.6 Å². The SMILES string of the molecule is NC1CCN(CCCc2c[nH]c3ccc(Cl)cc23)C1. The molecular weight excluding hydrogens is 258 g/mol. The van der Waals surface area contributed by atoms with Crippen molar-refractivity contribution in [2.24, 2.45) is 5.73 Å². The van der Waals surface area contributed by atoms with Crippen LogP contribution in [0, 0.1) is 0 Å². The number of rotatable bonds is 4. The summed E-state index contributed by atoms with van der Waals surface area (Å²) in [6.07, 6.45) is 5.51. The standard InChI is InChI=1S/C15H20ClN3/c16-12-3-4-15-14(8-12)11(9-18-15)2-1-6-19-7-5-13(17)10-19/h3-4,8-9,13,18H,1-2,5-7,10,17H2. The number of aryl methyl sites for hydroxylation is 1. The molecule has 3 N–H and O–H groups in total. The predicted octanol–water partition coefficient (Wildman–Crippen LogP) is 2.79. The third-order valence-electron chi connectivity index (χ3n) is 3.96. The number of likely N-dealkylation sites (tertiary alicyclic amines) is 1. The number of nitrogens with zero attached hydrogens (tertiary/aromatic N) is 1. The Balaban J connectivity index is 1.61. The Kier molecular flexibility index (Phi) is 3.78. The highest BCUT2D eigenvalue weighted by atomic mass is 35.5. The number of nitrogens with one attached hydrogen (secondary N) is 1. The average Bonchev–Trinajstić information content (AvgIpc) is 2.97. The molecule has 1 fully saturated rings. The summed E-state index contributed by atoms with van der Waals surface area (Å²) in [6.45, 7) is 3.35. The van der Waals surface area contributed by atoms with Gasteiger partial charge >= 0.3 is 0 Å². The number of nitrogens with two attached hydrogens (primary N) is 1. The lowest BCUT2D eigenvalue weighted by Crippen LogP contribution is -2.27. The van der Waals surface area contributed by atoms with E-state index in [0.29, 0.717) is 6.04 Å². The minimum Gasteiger partial charge on any atom is -0.361 e.